The van der Waals surface area contributed by atoms with E-state index in [1.165, 1.54) is 6.07 Å². The van der Waals surface area contributed by atoms with E-state index in [-0.39, 0.29) is 28.0 Å². The van der Waals surface area contributed by atoms with Gasteiger partial charge in [0, 0.05) is 12.1 Å². The van der Waals surface area contributed by atoms with Crippen LogP contribution in [0.1, 0.15) is 0 Å². The lowest BCUT2D eigenvalue weighted by atomic mass is 10.1. The number of azo groups is 1. The van der Waals surface area contributed by atoms with Crippen LogP contribution in [0.25, 0.3) is 10.8 Å². The third kappa shape index (κ3) is 7.48. The Bertz CT molecular complexity index is 1940. The van der Waals surface area contributed by atoms with Crippen molar-refractivity contribution in [2.24, 2.45) is 10.2 Å². The molecule has 3 aromatic rings. The van der Waals surface area contributed by atoms with Crippen molar-refractivity contribution in [2.75, 3.05) is 26.6 Å². The molecule has 0 heterocycles. The lowest BCUT2D eigenvalue weighted by molar-refractivity contribution is 0.283. The van der Waals surface area contributed by atoms with Crippen molar-refractivity contribution in [1.82, 2.24) is 0 Å². The zero-order valence-corrected chi connectivity index (χ0v) is 23.6. The molecule has 0 spiro atoms. The standard InChI is InChI=1S/C20H20N2O14S4/c1-34-17-11-20(37(23,24)6-5-36-40(31,32)33)18(35-2)10-15(17)21-22-16-8-12-3-4-14(38(25,26)27)7-13(12)9-19(16)39(28,29)30/h3-4,7-11H,5-6H2,1-2H3,(H,25,26,27)(H,28,29,30)(H,31,32,33). The summed E-state index contributed by atoms with van der Waals surface area (Å²) in [6, 6.07) is 7.42. The lowest BCUT2D eigenvalue weighted by Crippen LogP contribution is -2.16. The average Bonchev–Trinajstić information content (AvgIpc) is 2.83. The number of methoxy groups -OCH3 is 2. The minimum Gasteiger partial charge on any atom is -0.495 e. The Morgan fingerprint density at radius 1 is 0.675 bits per heavy atom. The first-order valence-corrected chi connectivity index (χ1v) is 16.3. The number of nitrogens with zero attached hydrogens (tertiary/aromatic N) is 2. The number of benzene rings is 3. The van der Waals surface area contributed by atoms with Gasteiger partial charge in [0.1, 0.15) is 32.7 Å². The van der Waals surface area contributed by atoms with Gasteiger partial charge in [-0.15, -0.1) is 10.2 Å². The van der Waals surface area contributed by atoms with Gasteiger partial charge in [0.25, 0.3) is 20.2 Å². The van der Waals surface area contributed by atoms with E-state index < -0.39 is 73.2 Å². The molecule has 40 heavy (non-hydrogen) atoms. The summed E-state index contributed by atoms with van der Waals surface area (Å²) in [5.41, 5.74) is -0.551. The van der Waals surface area contributed by atoms with Crippen LogP contribution in [0.3, 0.4) is 0 Å². The molecule has 0 aliphatic carbocycles. The van der Waals surface area contributed by atoms with E-state index in [0.717, 1.165) is 50.6 Å². The molecular weight excluding hydrogens is 620 g/mol. The van der Waals surface area contributed by atoms with Gasteiger partial charge in [-0.1, -0.05) is 6.07 Å². The van der Waals surface area contributed by atoms with E-state index in [9.17, 15) is 42.8 Å². The van der Waals surface area contributed by atoms with Crippen LogP contribution >= 0.6 is 0 Å². The summed E-state index contributed by atoms with van der Waals surface area (Å²) in [6.45, 7) is -0.903. The van der Waals surface area contributed by atoms with E-state index in [0.29, 0.717) is 0 Å². The average molecular weight is 641 g/mol. The fourth-order valence-electron chi connectivity index (χ4n) is 3.33. The summed E-state index contributed by atoms with van der Waals surface area (Å²) < 4.78 is 136. The van der Waals surface area contributed by atoms with Gasteiger partial charge < -0.3 is 9.47 Å². The Hall–Kier alpha value is -3.24. The Morgan fingerprint density at radius 3 is 1.85 bits per heavy atom. The maximum atomic E-state index is 12.7. The molecule has 0 amide bonds. The molecule has 0 saturated heterocycles. The molecule has 3 N–H and O–H groups in total. The number of ether oxygens (including phenoxy) is 2. The maximum absolute atomic E-state index is 12.7. The predicted octanol–water partition coefficient (Wildman–Crippen LogP) is 2.36. The monoisotopic (exact) mass is 640 g/mol. The van der Waals surface area contributed by atoms with E-state index in [1.807, 2.05) is 0 Å². The Balaban J connectivity index is 2.11. The molecule has 20 heteroatoms. The second-order valence-electron chi connectivity index (χ2n) is 7.72. The number of hydrogen-bond acceptors (Lipinski definition) is 13. The van der Waals surface area contributed by atoms with Crippen LogP contribution in [0.5, 0.6) is 11.5 Å². The molecule has 3 aromatic carbocycles. The van der Waals surface area contributed by atoms with Gasteiger partial charge in [0.2, 0.25) is 0 Å². The van der Waals surface area contributed by atoms with Crippen LogP contribution in [0, 0.1) is 0 Å². The summed E-state index contributed by atoms with van der Waals surface area (Å²) in [4.78, 5) is -1.74. The normalized spacial score (nSPS) is 13.1. The van der Waals surface area contributed by atoms with Crippen molar-refractivity contribution < 1.29 is 61.0 Å². The number of rotatable bonds is 11. The molecule has 218 valence electrons. The fraction of sp³-hybridized carbons (Fsp3) is 0.200. The molecular formula is C20H20N2O14S4. The van der Waals surface area contributed by atoms with E-state index >= 15 is 0 Å². The summed E-state index contributed by atoms with van der Waals surface area (Å²) in [6.07, 6.45) is 0. The number of hydrogen-bond donors (Lipinski definition) is 3. The second-order valence-corrected chi connectivity index (χ2v) is 13.7. The van der Waals surface area contributed by atoms with Crippen LogP contribution in [0.2, 0.25) is 0 Å². The van der Waals surface area contributed by atoms with Gasteiger partial charge in [-0.25, -0.2) is 12.6 Å². The van der Waals surface area contributed by atoms with E-state index in [2.05, 4.69) is 14.4 Å². The minimum atomic E-state index is -4.93. The van der Waals surface area contributed by atoms with Crippen LogP contribution in [-0.2, 0) is 44.7 Å². The number of fused-ring (bicyclic) bond motifs is 1. The molecule has 0 fully saturated rings. The first-order valence-electron chi connectivity index (χ1n) is 10.4. The van der Waals surface area contributed by atoms with Gasteiger partial charge >= 0.3 is 10.4 Å². The fourth-order valence-corrected chi connectivity index (χ4v) is 6.14. The SMILES string of the molecule is COc1cc(S(=O)(=O)CCOS(=O)(=O)O)c(OC)cc1N=Nc1cc2ccc(S(=O)(=O)O)cc2cc1S(=O)(=O)O. The topological polar surface area (TPSA) is 250 Å². The highest BCUT2D eigenvalue weighted by molar-refractivity contribution is 7.91. The van der Waals surface area contributed by atoms with Gasteiger partial charge in [-0.05, 0) is 35.0 Å². The van der Waals surface area contributed by atoms with E-state index in [1.54, 1.807) is 0 Å². The van der Waals surface area contributed by atoms with Crippen LogP contribution < -0.4 is 9.47 Å². The van der Waals surface area contributed by atoms with Crippen molar-refractivity contribution in [3.05, 3.63) is 42.5 Å². The van der Waals surface area contributed by atoms with E-state index in [4.69, 9.17) is 14.0 Å². The van der Waals surface area contributed by atoms with Crippen LogP contribution in [-0.4, -0.2) is 73.9 Å². The molecule has 0 aliphatic heterocycles. The van der Waals surface area contributed by atoms with Crippen molar-refractivity contribution in [3.8, 4) is 11.5 Å². The molecule has 16 nitrogen and oxygen atoms in total. The molecule has 0 aliphatic rings. The Labute approximate surface area is 228 Å². The summed E-state index contributed by atoms with van der Waals surface area (Å²) >= 11 is 0. The highest BCUT2D eigenvalue weighted by atomic mass is 32.3. The molecule has 0 atom stereocenters. The Kier molecular flexibility index (Phi) is 8.86. The smallest absolute Gasteiger partial charge is 0.397 e. The highest BCUT2D eigenvalue weighted by Crippen LogP contribution is 2.39. The van der Waals surface area contributed by atoms with Crippen molar-refractivity contribution >= 4 is 62.6 Å². The summed E-state index contributed by atoms with van der Waals surface area (Å²) in [5, 5.41) is 8.00. The molecule has 3 rings (SSSR count). The quantitative estimate of drug-likeness (QED) is 0.201. The largest absolute Gasteiger partial charge is 0.495 e. The van der Waals surface area contributed by atoms with Crippen molar-refractivity contribution in [1.29, 1.82) is 0 Å². The zero-order chi connectivity index (χ0) is 30.1. The molecule has 0 unspecified atom stereocenters. The zero-order valence-electron chi connectivity index (χ0n) is 20.3. The summed E-state index contributed by atoms with van der Waals surface area (Å²) in [7, 11) is -16.4. The Morgan fingerprint density at radius 2 is 1.30 bits per heavy atom. The van der Waals surface area contributed by atoms with Crippen LogP contribution in [0.15, 0.2) is 67.4 Å². The summed E-state index contributed by atoms with van der Waals surface area (Å²) in [5.74, 6) is -1.35. The third-order valence-corrected chi connectivity index (χ3v) is 9.01. The molecule has 0 bridgehead atoms. The third-order valence-electron chi connectivity index (χ3n) is 5.12. The first kappa shape index (κ1) is 31.3. The van der Waals surface area contributed by atoms with Crippen molar-refractivity contribution in [2.45, 2.75) is 14.7 Å². The number of sulfone groups is 1. The molecule has 0 radical (unpaired) electrons. The second kappa shape index (κ2) is 11.3. The minimum absolute atomic E-state index is 0.0217. The predicted molar refractivity (Wildman–Crippen MR) is 137 cm³/mol. The molecule has 0 saturated carbocycles. The first-order chi connectivity index (χ1) is 18.4. The molecule has 0 aromatic heterocycles. The highest BCUT2D eigenvalue weighted by Gasteiger charge is 2.24. The van der Waals surface area contributed by atoms with Gasteiger partial charge in [-0.2, -0.15) is 25.3 Å². The van der Waals surface area contributed by atoms with Gasteiger partial charge in [0.15, 0.2) is 9.84 Å². The van der Waals surface area contributed by atoms with Gasteiger partial charge in [0.05, 0.1) is 31.5 Å². The lowest BCUT2D eigenvalue weighted by Gasteiger charge is -2.13. The van der Waals surface area contributed by atoms with Gasteiger partial charge in [-0.3, -0.25) is 13.7 Å². The maximum Gasteiger partial charge on any atom is 0.397 e. The van der Waals surface area contributed by atoms with Crippen LogP contribution in [0.4, 0.5) is 11.4 Å². The van der Waals surface area contributed by atoms with Crippen molar-refractivity contribution in [3.63, 3.8) is 0 Å².